The normalized spacial score (nSPS) is 16.0. The minimum atomic E-state index is -4.40. The van der Waals surface area contributed by atoms with Gasteiger partial charge in [0, 0.05) is 6.04 Å². The fourth-order valence-corrected chi connectivity index (χ4v) is 3.51. The molecule has 0 heterocycles. The Bertz CT molecular complexity index is 813. The van der Waals surface area contributed by atoms with Crippen LogP contribution < -0.4 is 5.32 Å². The van der Waals surface area contributed by atoms with E-state index in [4.69, 9.17) is 0 Å². The van der Waals surface area contributed by atoms with Gasteiger partial charge in [-0.15, -0.1) is 0 Å². The van der Waals surface area contributed by atoms with Crippen LogP contribution in [-0.4, -0.2) is 11.7 Å². The van der Waals surface area contributed by atoms with Gasteiger partial charge in [-0.2, -0.15) is 13.2 Å². The summed E-state index contributed by atoms with van der Waals surface area (Å²) >= 11 is 0. The van der Waals surface area contributed by atoms with Crippen molar-refractivity contribution in [2.75, 3.05) is 6.54 Å². The Kier molecular flexibility index (Phi) is 6.02. The zero-order valence-electron chi connectivity index (χ0n) is 15.3. The van der Waals surface area contributed by atoms with Crippen LogP contribution in [0.5, 0.6) is 0 Å². The van der Waals surface area contributed by atoms with Gasteiger partial charge in [-0.1, -0.05) is 42.5 Å². The van der Waals surface area contributed by atoms with Crippen molar-refractivity contribution in [1.29, 1.82) is 0 Å². The fourth-order valence-electron chi connectivity index (χ4n) is 3.51. The SMILES string of the molecule is C[C@@H](NCCC(O)c1cccc(C(F)(F)F)c1)c1cccc2c1C=CCC2. The molecule has 2 aromatic rings. The van der Waals surface area contributed by atoms with Crippen molar-refractivity contribution >= 4 is 6.08 Å². The van der Waals surface area contributed by atoms with Gasteiger partial charge in [0.25, 0.3) is 0 Å². The molecule has 0 aromatic heterocycles. The molecular weight excluding hydrogens is 351 g/mol. The van der Waals surface area contributed by atoms with Crippen LogP contribution in [0.15, 0.2) is 48.5 Å². The molecule has 1 unspecified atom stereocenters. The standard InChI is InChI=1S/C22H24F3NO/c1-15(19-11-5-7-16-6-2-3-10-20(16)19)26-13-12-21(27)17-8-4-9-18(14-17)22(23,24)25/h3-5,7-11,14-15,21,26-27H,2,6,12-13H2,1H3/t15-,21?/m1/s1. The van der Waals surface area contributed by atoms with Crippen LogP contribution in [0.1, 0.15) is 59.7 Å². The van der Waals surface area contributed by atoms with Gasteiger partial charge in [-0.05, 0) is 67.1 Å². The molecule has 2 nitrogen and oxygen atoms in total. The number of hydrogen-bond donors (Lipinski definition) is 2. The molecule has 2 atom stereocenters. The lowest BCUT2D eigenvalue weighted by molar-refractivity contribution is -0.137. The number of hydrogen-bond acceptors (Lipinski definition) is 2. The molecular formula is C22H24F3NO. The lowest BCUT2D eigenvalue weighted by atomic mass is 9.90. The predicted octanol–water partition coefficient (Wildman–Crippen LogP) is 5.44. The molecule has 0 saturated heterocycles. The number of allylic oxidation sites excluding steroid dienone is 1. The van der Waals surface area contributed by atoms with Crippen molar-refractivity contribution in [3.05, 3.63) is 76.4 Å². The predicted molar refractivity (Wildman–Crippen MR) is 101 cm³/mol. The largest absolute Gasteiger partial charge is 0.416 e. The molecule has 0 radical (unpaired) electrons. The fraction of sp³-hybridized carbons (Fsp3) is 0.364. The Morgan fingerprint density at radius 2 is 1.93 bits per heavy atom. The van der Waals surface area contributed by atoms with E-state index < -0.39 is 17.8 Å². The third kappa shape index (κ3) is 4.79. The summed E-state index contributed by atoms with van der Waals surface area (Å²) in [4.78, 5) is 0. The maximum atomic E-state index is 12.8. The summed E-state index contributed by atoms with van der Waals surface area (Å²) in [6, 6.07) is 11.3. The van der Waals surface area contributed by atoms with E-state index in [-0.39, 0.29) is 6.04 Å². The quantitative estimate of drug-likeness (QED) is 0.705. The molecule has 1 aliphatic rings. The molecule has 0 saturated carbocycles. The van der Waals surface area contributed by atoms with Gasteiger partial charge in [-0.25, -0.2) is 0 Å². The van der Waals surface area contributed by atoms with Gasteiger partial charge in [0.15, 0.2) is 0 Å². The lowest BCUT2D eigenvalue weighted by Gasteiger charge is -2.21. The maximum Gasteiger partial charge on any atom is 0.416 e. The number of aryl methyl sites for hydroxylation is 1. The highest BCUT2D eigenvalue weighted by Gasteiger charge is 2.30. The second kappa shape index (κ2) is 8.28. The van der Waals surface area contributed by atoms with Crippen LogP contribution >= 0.6 is 0 Å². The molecule has 0 spiro atoms. The van der Waals surface area contributed by atoms with Gasteiger partial charge >= 0.3 is 6.18 Å². The van der Waals surface area contributed by atoms with E-state index in [2.05, 4.69) is 42.6 Å². The van der Waals surface area contributed by atoms with E-state index in [1.165, 1.54) is 28.8 Å². The minimum absolute atomic E-state index is 0.0939. The first kappa shape index (κ1) is 19.6. The van der Waals surface area contributed by atoms with E-state index in [0.717, 1.165) is 25.0 Å². The van der Waals surface area contributed by atoms with Crippen LogP contribution in [0.25, 0.3) is 6.08 Å². The van der Waals surface area contributed by atoms with Crippen molar-refractivity contribution in [3.63, 3.8) is 0 Å². The number of benzene rings is 2. The topological polar surface area (TPSA) is 32.3 Å². The monoisotopic (exact) mass is 375 g/mol. The summed E-state index contributed by atoms with van der Waals surface area (Å²) in [5.74, 6) is 0. The van der Waals surface area contributed by atoms with Crippen molar-refractivity contribution in [1.82, 2.24) is 5.32 Å². The molecule has 0 amide bonds. The molecule has 0 bridgehead atoms. The van der Waals surface area contributed by atoms with E-state index in [0.29, 0.717) is 18.5 Å². The summed E-state index contributed by atoms with van der Waals surface area (Å²) in [6.07, 6.45) is 1.44. The summed E-state index contributed by atoms with van der Waals surface area (Å²) in [7, 11) is 0. The number of halogens is 3. The number of aliphatic hydroxyl groups excluding tert-OH is 1. The lowest BCUT2D eigenvalue weighted by Crippen LogP contribution is -2.22. The Labute approximate surface area is 157 Å². The second-order valence-corrected chi connectivity index (χ2v) is 6.96. The zero-order valence-corrected chi connectivity index (χ0v) is 15.3. The number of fused-ring (bicyclic) bond motifs is 1. The van der Waals surface area contributed by atoms with Gasteiger partial charge in [0.05, 0.1) is 11.7 Å². The Hall–Kier alpha value is -2.11. The van der Waals surface area contributed by atoms with Crippen LogP contribution in [0.2, 0.25) is 0 Å². The average molecular weight is 375 g/mol. The van der Waals surface area contributed by atoms with Crippen molar-refractivity contribution in [2.45, 2.75) is 44.5 Å². The summed E-state index contributed by atoms with van der Waals surface area (Å²) in [6.45, 7) is 2.57. The second-order valence-electron chi connectivity index (χ2n) is 6.96. The molecule has 5 heteroatoms. The first-order valence-electron chi connectivity index (χ1n) is 9.23. The van der Waals surface area contributed by atoms with Gasteiger partial charge in [0.2, 0.25) is 0 Å². The third-order valence-corrected chi connectivity index (χ3v) is 5.03. The minimum Gasteiger partial charge on any atom is -0.388 e. The van der Waals surface area contributed by atoms with Crippen molar-refractivity contribution in [2.24, 2.45) is 0 Å². The van der Waals surface area contributed by atoms with Crippen molar-refractivity contribution < 1.29 is 18.3 Å². The van der Waals surface area contributed by atoms with Crippen LogP contribution in [0.4, 0.5) is 13.2 Å². The van der Waals surface area contributed by atoms with Crippen LogP contribution in [0.3, 0.4) is 0 Å². The van der Waals surface area contributed by atoms with E-state index in [1.54, 1.807) is 0 Å². The third-order valence-electron chi connectivity index (χ3n) is 5.03. The van der Waals surface area contributed by atoms with E-state index in [1.807, 2.05) is 0 Å². The summed E-state index contributed by atoms with van der Waals surface area (Å²) in [5, 5.41) is 13.6. The first-order valence-corrected chi connectivity index (χ1v) is 9.23. The first-order chi connectivity index (χ1) is 12.9. The highest BCUT2D eigenvalue weighted by Crippen LogP contribution is 2.31. The number of nitrogens with one attached hydrogen (secondary N) is 1. The highest BCUT2D eigenvalue weighted by molar-refractivity contribution is 5.60. The Morgan fingerprint density at radius 3 is 2.70 bits per heavy atom. The number of alkyl halides is 3. The van der Waals surface area contributed by atoms with E-state index >= 15 is 0 Å². The molecule has 27 heavy (non-hydrogen) atoms. The van der Waals surface area contributed by atoms with Crippen LogP contribution in [-0.2, 0) is 12.6 Å². The molecule has 144 valence electrons. The average Bonchev–Trinajstić information content (AvgIpc) is 2.66. The smallest absolute Gasteiger partial charge is 0.388 e. The van der Waals surface area contributed by atoms with Gasteiger partial charge in [-0.3, -0.25) is 0 Å². The molecule has 3 rings (SSSR count). The van der Waals surface area contributed by atoms with Gasteiger partial charge < -0.3 is 10.4 Å². The summed E-state index contributed by atoms with van der Waals surface area (Å²) in [5.41, 5.74) is 3.36. The molecule has 2 aromatic carbocycles. The highest BCUT2D eigenvalue weighted by atomic mass is 19.4. The Balaban J connectivity index is 1.60. The molecule has 1 aliphatic carbocycles. The Morgan fingerprint density at radius 1 is 1.15 bits per heavy atom. The number of aliphatic hydroxyl groups is 1. The van der Waals surface area contributed by atoms with Crippen LogP contribution in [0, 0.1) is 0 Å². The molecule has 0 fully saturated rings. The van der Waals surface area contributed by atoms with E-state index in [9.17, 15) is 18.3 Å². The summed E-state index contributed by atoms with van der Waals surface area (Å²) < 4.78 is 38.4. The van der Waals surface area contributed by atoms with Crippen molar-refractivity contribution in [3.8, 4) is 0 Å². The zero-order chi connectivity index (χ0) is 19.4. The number of rotatable bonds is 6. The van der Waals surface area contributed by atoms with Gasteiger partial charge in [0.1, 0.15) is 0 Å². The maximum absolute atomic E-state index is 12.8. The molecule has 2 N–H and O–H groups in total. The molecule has 0 aliphatic heterocycles.